The molecule has 1 rings (SSSR count). The first kappa shape index (κ1) is 12.4. The zero-order valence-corrected chi connectivity index (χ0v) is 8.81. The topological polar surface area (TPSA) is 113 Å². The van der Waals surface area contributed by atoms with Crippen molar-refractivity contribution < 1.29 is 19.5 Å². The quantitative estimate of drug-likeness (QED) is 0.486. The van der Waals surface area contributed by atoms with Gasteiger partial charge in [-0.15, -0.1) is 0 Å². The van der Waals surface area contributed by atoms with Crippen LogP contribution in [0.15, 0.2) is 0 Å². The molecular weight excluding hydrogens is 214 g/mol. The summed E-state index contributed by atoms with van der Waals surface area (Å²) in [4.78, 5) is 34.4. The predicted octanol–water partition coefficient (Wildman–Crippen LogP) is -2.43. The molecule has 1 heterocycles. The summed E-state index contributed by atoms with van der Waals surface area (Å²) in [6, 6.07) is 0. The summed E-state index contributed by atoms with van der Waals surface area (Å²) in [5.74, 6) is -1.35. The summed E-state index contributed by atoms with van der Waals surface area (Å²) in [5.41, 5.74) is 4.80. The molecule has 1 saturated heterocycles. The van der Waals surface area contributed by atoms with Crippen LogP contribution in [0.1, 0.15) is 12.8 Å². The van der Waals surface area contributed by atoms with Crippen molar-refractivity contribution in [3.05, 3.63) is 0 Å². The molecule has 16 heavy (non-hydrogen) atoms. The molecule has 0 bridgehead atoms. The molecule has 1 atom stereocenters. The summed E-state index contributed by atoms with van der Waals surface area (Å²) in [5, 5.41) is 11.3. The fourth-order valence-corrected chi connectivity index (χ4v) is 1.41. The zero-order chi connectivity index (χ0) is 12.1. The second-order valence-corrected chi connectivity index (χ2v) is 3.64. The Kier molecular flexibility index (Phi) is 4.24. The Balaban J connectivity index is 2.25. The van der Waals surface area contributed by atoms with E-state index in [1.165, 1.54) is 4.90 Å². The fourth-order valence-electron chi connectivity index (χ4n) is 1.41. The maximum atomic E-state index is 11.3. The van der Waals surface area contributed by atoms with Crippen LogP contribution in [0.5, 0.6) is 0 Å². The van der Waals surface area contributed by atoms with Crippen LogP contribution in [0.4, 0.5) is 0 Å². The highest BCUT2D eigenvalue weighted by Crippen LogP contribution is 2.08. The highest BCUT2D eigenvalue weighted by atomic mass is 16.3. The average Bonchev–Trinajstić information content (AvgIpc) is 2.60. The van der Waals surface area contributed by atoms with Crippen molar-refractivity contribution in [1.29, 1.82) is 0 Å². The van der Waals surface area contributed by atoms with E-state index in [1.807, 2.05) is 0 Å². The van der Waals surface area contributed by atoms with E-state index in [4.69, 9.17) is 10.8 Å². The lowest BCUT2D eigenvalue weighted by Crippen LogP contribution is -2.44. The maximum absolute atomic E-state index is 11.3. The SMILES string of the molecule is NC(=O)C(O)CNC(=O)CN1CCCC1=O. The van der Waals surface area contributed by atoms with E-state index in [0.29, 0.717) is 13.0 Å². The number of aliphatic hydroxyl groups excluding tert-OH is 1. The second kappa shape index (κ2) is 5.45. The highest BCUT2D eigenvalue weighted by Gasteiger charge is 2.22. The van der Waals surface area contributed by atoms with E-state index in [-0.39, 0.29) is 19.0 Å². The number of rotatable bonds is 5. The van der Waals surface area contributed by atoms with Crippen LogP contribution in [0.25, 0.3) is 0 Å². The van der Waals surface area contributed by atoms with Gasteiger partial charge in [0.2, 0.25) is 17.7 Å². The summed E-state index contributed by atoms with van der Waals surface area (Å²) >= 11 is 0. The molecule has 0 saturated carbocycles. The van der Waals surface area contributed by atoms with Gasteiger partial charge in [-0.3, -0.25) is 14.4 Å². The standard InChI is InChI=1S/C9H15N3O4/c10-9(16)6(13)4-11-7(14)5-12-3-1-2-8(12)15/h6,13H,1-5H2,(H2,10,16)(H,11,14). The molecule has 1 unspecified atom stereocenters. The van der Waals surface area contributed by atoms with E-state index in [0.717, 1.165) is 6.42 Å². The number of nitrogens with zero attached hydrogens (tertiary/aromatic N) is 1. The molecule has 1 fully saturated rings. The van der Waals surface area contributed by atoms with Crippen molar-refractivity contribution in [3.8, 4) is 0 Å². The molecule has 0 radical (unpaired) electrons. The third kappa shape index (κ3) is 3.50. The van der Waals surface area contributed by atoms with Gasteiger partial charge in [-0.1, -0.05) is 0 Å². The van der Waals surface area contributed by atoms with E-state index in [2.05, 4.69) is 5.32 Å². The zero-order valence-electron chi connectivity index (χ0n) is 8.81. The molecule has 7 heteroatoms. The van der Waals surface area contributed by atoms with Gasteiger partial charge in [0.05, 0.1) is 13.1 Å². The Bertz CT molecular complexity index is 305. The molecule has 0 aliphatic carbocycles. The van der Waals surface area contributed by atoms with E-state index >= 15 is 0 Å². The number of amides is 3. The number of carbonyl (C=O) groups excluding carboxylic acids is 3. The molecule has 4 N–H and O–H groups in total. The maximum Gasteiger partial charge on any atom is 0.248 e. The first-order valence-electron chi connectivity index (χ1n) is 5.02. The van der Waals surface area contributed by atoms with Crippen LogP contribution in [-0.2, 0) is 14.4 Å². The Morgan fingerprint density at radius 3 is 2.75 bits per heavy atom. The van der Waals surface area contributed by atoms with Crippen LogP contribution in [0, 0.1) is 0 Å². The van der Waals surface area contributed by atoms with Crippen LogP contribution in [0.2, 0.25) is 0 Å². The number of likely N-dealkylation sites (tertiary alicyclic amines) is 1. The molecule has 0 spiro atoms. The van der Waals surface area contributed by atoms with E-state index < -0.39 is 17.9 Å². The van der Waals surface area contributed by atoms with Gasteiger partial charge >= 0.3 is 0 Å². The van der Waals surface area contributed by atoms with Gasteiger partial charge in [-0.2, -0.15) is 0 Å². The molecule has 1 aliphatic heterocycles. The van der Waals surface area contributed by atoms with Gasteiger partial charge < -0.3 is 21.1 Å². The normalized spacial score (nSPS) is 17.3. The van der Waals surface area contributed by atoms with Crippen LogP contribution < -0.4 is 11.1 Å². The molecule has 3 amide bonds. The summed E-state index contributed by atoms with van der Waals surface area (Å²) < 4.78 is 0. The summed E-state index contributed by atoms with van der Waals surface area (Å²) in [6.07, 6.45) is -0.161. The Hall–Kier alpha value is -1.63. The van der Waals surface area contributed by atoms with Gasteiger partial charge in [-0.25, -0.2) is 0 Å². The summed E-state index contributed by atoms with van der Waals surface area (Å²) in [7, 11) is 0. The second-order valence-electron chi connectivity index (χ2n) is 3.64. The lowest BCUT2D eigenvalue weighted by atomic mass is 10.3. The van der Waals surface area contributed by atoms with Gasteiger partial charge in [0.25, 0.3) is 0 Å². The van der Waals surface area contributed by atoms with Crippen molar-refractivity contribution in [2.75, 3.05) is 19.6 Å². The molecule has 1 aliphatic rings. The van der Waals surface area contributed by atoms with Crippen molar-refractivity contribution in [1.82, 2.24) is 10.2 Å². The molecule has 0 aromatic rings. The molecule has 90 valence electrons. The van der Waals surface area contributed by atoms with Gasteiger partial charge in [-0.05, 0) is 6.42 Å². The Morgan fingerprint density at radius 2 is 2.25 bits per heavy atom. The molecule has 0 aromatic carbocycles. The molecule has 7 nitrogen and oxygen atoms in total. The number of nitrogens with two attached hydrogens (primary N) is 1. The lowest BCUT2D eigenvalue weighted by molar-refractivity contribution is -0.133. The smallest absolute Gasteiger partial charge is 0.248 e. The predicted molar refractivity (Wildman–Crippen MR) is 54.0 cm³/mol. The Morgan fingerprint density at radius 1 is 1.56 bits per heavy atom. The number of primary amides is 1. The average molecular weight is 229 g/mol. The van der Waals surface area contributed by atoms with Gasteiger partial charge in [0.1, 0.15) is 6.10 Å². The fraction of sp³-hybridized carbons (Fsp3) is 0.667. The van der Waals surface area contributed by atoms with E-state index in [1.54, 1.807) is 0 Å². The van der Waals surface area contributed by atoms with Crippen molar-refractivity contribution >= 4 is 17.7 Å². The summed E-state index contributed by atoms with van der Waals surface area (Å²) in [6.45, 7) is 0.311. The van der Waals surface area contributed by atoms with Crippen molar-refractivity contribution in [2.45, 2.75) is 18.9 Å². The Labute approximate surface area is 92.6 Å². The number of hydrogen-bond acceptors (Lipinski definition) is 4. The third-order valence-corrected chi connectivity index (χ3v) is 2.33. The number of nitrogens with one attached hydrogen (secondary N) is 1. The monoisotopic (exact) mass is 229 g/mol. The lowest BCUT2D eigenvalue weighted by Gasteiger charge is -2.15. The number of hydrogen-bond donors (Lipinski definition) is 3. The minimum absolute atomic E-state index is 0.0374. The van der Waals surface area contributed by atoms with Gasteiger partial charge in [0, 0.05) is 13.0 Å². The first-order chi connectivity index (χ1) is 7.50. The largest absolute Gasteiger partial charge is 0.381 e. The highest BCUT2D eigenvalue weighted by molar-refractivity contribution is 5.86. The first-order valence-corrected chi connectivity index (χ1v) is 5.02. The van der Waals surface area contributed by atoms with Crippen LogP contribution >= 0.6 is 0 Å². The van der Waals surface area contributed by atoms with Crippen molar-refractivity contribution in [2.24, 2.45) is 5.73 Å². The molecule has 0 aromatic heterocycles. The minimum atomic E-state index is -1.39. The third-order valence-electron chi connectivity index (χ3n) is 2.33. The minimum Gasteiger partial charge on any atom is -0.381 e. The number of aliphatic hydroxyl groups is 1. The molecular formula is C9H15N3O4. The van der Waals surface area contributed by atoms with Crippen LogP contribution in [-0.4, -0.2) is 53.5 Å². The number of carbonyl (C=O) groups is 3. The van der Waals surface area contributed by atoms with Crippen LogP contribution in [0.3, 0.4) is 0 Å². The van der Waals surface area contributed by atoms with Crippen molar-refractivity contribution in [3.63, 3.8) is 0 Å². The van der Waals surface area contributed by atoms with Gasteiger partial charge in [0.15, 0.2) is 0 Å². The van der Waals surface area contributed by atoms with E-state index in [9.17, 15) is 14.4 Å².